The molecule has 0 atom stereocenters. The van der Waals surface area contributed by atoms with Crippen LogP contribution in [0.5, 0.6) is 0 Å². The Kier molecular flexibility index (Phi) is 4.78. The van der Waals surface area contributed by atoms with Gasteiger partial charge in [-0.05, 0) is 36.2 Å². The average Bonchev–Trinajstić information content (AvgIpc) is 2.99. The van der Waals surface area contributed by atoms with Crippen LogP contribution in [0.4, 0.5) is 11.4 Å². The van der Waals surface area contributed by atoms with Gasteiger partial charge in [-0.1, -0.05) is 41.4 Å². The van der Waals surface area contributed by atoms with E-state index >= 15 is 0 Å². The highest BCUT2D eigenvalue weighted by atomic mass is 35.5. The molecule has 3 rings (SSSR count). The van der Waals surface area contributed by atoms with E-state index in [4.69, 9.17) is 23.2 Å². The molecular weight excluding hydrogens is 347 g/mol. The molecule has 2 aromatic rings. The zero-order chi connectivity index (χ0) is 17.3. The molecule has 0 aliphatic carbocycles. The first-order valence-corrected chi connectivity index (χ1v) is 8.34. The van der Waals surface area contributed by atoms with E-state index in [9.17, 15) is 9.59 Å². The van der Waals surface area contributed by atoms with Gasteiger partial charge in [0.05, 0.1) is 10.7 Å². The Morgan fingerprint density at radius 2 is 1.92 bits per heavy atom. The van der Waals surface area contributed by atoms with Crippen molar-refractivity contribution in [2.75, 3.05) is 22.9 Å². The van der Waals surface area contributed by atoms with Crippen molar-refractivity contribution in [3.63, 3.8) is 0 Å². The van der Waals surface area contributed by atoms with E-state index in [0.29, 0.717) is 22.3 Å². The van der Waals surface area contributed by atoms with Gasteiger partial charge >= 0.3 is 0 Å². The van der Waals surface area contributed by atoms with Crippen LogP contribution in [0.2, 0.25) is 10.0 Å². The first-order valence-electron chi connectivity index (χ1n) is 7.59. The van der Waals surface area contributed by atoms with E-state index in [1.165, 1.54) is 11.8 Å². The van der Waals surface area contributed by atoms with Crippen LogP contribution in [0.1, 0.15) is 12.5 Å². The summed E-state index contributed by atoms with van der Waals surface area (Å²) < 4.78 is 0. The topological polar surface area (TPSA) is 40.6 Å². The van der Waals surface area contributed by atoms with Gasteiger partial charge in [0.25, 0.3) is 0 Å². The van der Waals surface area contributed by atoms with Crippen LogP contribution in [0.3, 0.4) is 0 Å². The fourth-order valence-electron chi connectivity index (χ4n) is 2.88. The van der Waals surface area contributed by atoms with Crippen molar-refractivity contribution in [2.24, 2.45) is 0 Å². The number of halogens is 2. The summed E-state index contributed by atoms with van der Waals surface area (Å²) >= 11 is 12.2. The second-order valence-corrected chi connectivity index (χ2v) is 6.47. The van der Waals surface area contributed by atoms with Gasteiger partial charge in [0.2, 0.25) is 11.8 Å². The molecule has 1 aliphatic heterocycles. The molecule has 6 heteroatoms. The first-order chi connectivity index (χ1) is 11.5. The lowest BCUT2D eigenvalue weighted by atomic mass is 10.2. The summed E-state index contributed by atoms with van der Waals surface area (Å²) in [5.74, 6) is -0.411. The average molecular weight is 363 g/mol. The van der Waals surface area contributed by atoms with Crippen molar-refractivity contribution in [1.82, 2.24) is 0 Å². The molecule has 2 aromatic carbocycles. The van der Waals surface area contributed by atoms with Crippen molar-refractivity contribution in [1.29, 1.82) is 0 Å². The highest BCUT2D eigenvalue weighted by molar-refractivity contribution is 6.36. The molecule has 0 saturated heterocycles. The van der Waals surface area contributed by atoms with Crippen molar-refractivity contribution >= 4 is 46.4 Å². The molecule has 124 valence electrons. The van der Waals surface area contributed by atoms with Crippen LogP contribution in [0.25, 0.3) is 0 Å². The minimum atomic E-state index is -0.264. The Morgan fingerprint density at radius 3 is 2.67 bits per heavy atom. The lowest BCUT2D eigenvalue weighted by Gasteiger charge is -2.25. The maximum atomic E-state index is 12.7. The maximum absolute atomic E-state index is 12.7. The summed E-state index contributed by atoms with van der Waals surface area (Å²) in [5, 5.41) is 0.837. The minimum Gasteiger partial charge on any atom is -0.310 e. The number of benzene rings is 2. The second-order valence-electron chi connectivity index (χ2n) is 5.62. The van der Waals surface area contributed by atoms with Gasteiger partial charge in [0.15, 0.2) is 0 Å². The molecule has 1 aliphatic rings. The van der Waals surface area contributed by atoms with E-state index in [1.54, 1.807) is 23.1 Å². The maximum Gasteiger partial charge on any atom is 0.247 e. The highest BCUT2D eigenvalue weighted by Crippen LogP contribution is 2.31. The number of anilines is 2. The quantitative estimate of drug-likeness (QED) is 0.829. The summed E-state index contributed by atoms with van der Waals surface area (Å²) in [6.07, 6.45) is 0.819. The normalized spacial score (nSPS) is 12.9. The Labute approximate surface area is 150 Å². The molecule has 24 heavy (non-hydrogen) atoms. The third-order valence-corrected chi connectivity index (χ3v) is 4.62. The highest BCUT2D eigenvalue weighted by Gasteiger charge is 2.27. The molecule has 0 spiro atoms. The lowest BCUT2D eigenvalue weighted by molar-refractivity contribution is -0.121. The molecule has 2 amide bonds. The molecular formula is C18H16Cl2N2O2. The number of rotatable bonds is 3. The Morgan fingerprint density at radius 1 is 1.17 bits per heavy atom. The summed E-state index contributed by atoms with van der Waals surface area (Å²) in [6.45, 7) is 1.94. The number of hydrogen-bond acceptors (Lipinski definition) is 2. The van der Waals surface area contributed by atoms with Crippen molar-refractivity contribution in [3.05, 3.63) is 58.1 Å². The van der Waals surface area contributed by atoms with Gasteiger partial charge in [0, 0.05) is 24.2 Å². The van der Waals surface area contributed by atoms with Gasteiger partial charge in [-0.3, -0.25) is 9.59 Å². The van der Waals surface area contributed by atoms with Crippen molar-refractivity contribution in [3.8, 4) is 0 Å². The molecule has 0 saturated carbocycles. The number of amides is 2. The molecule has 0 N–H and O–H groups in total. The smallest absolute Gasteiger partial charge is 0.247 e. The number of nitrogens with zero attached hydrogens (tertiary/aromatic N) is 2. The SMILES string of the molecule is CC(=O)N(CC(=O)N1CCc2ccccc21)c1cc(Cl)ccc1Cl. The van der Waals surface area contributed by atoms with Gasteiger partial charge in [0.1, 0.15) is 6.54 Å². The first kappa shape index (κ1) is 16.8. The van der Waals surface area contributed by atoms with Crippen LogP contribution in [0, 0.1) is 0 Å². The standard InChI is InChI=1S/C18H16Cl2N2O2/c1-12(23)22(17-10-14(19)6-7-15(17)20)11-18(24)21-9-8-13-4-2-3-5-16(13)21/h2-7,10H,8-9,11H2,1H3. The monoisotopic (exact) mass is 362 g/mol. The van der Waals surface area contributed by atoms with E-state index in [2.05, 4.69) is 0 Å². The van der Waals surface area contributed by atoms with Gasteiger partial charge in [-0.2, -0.15) is 0 Å². The summed E-state index contributed by atoms with van der Waals surface area (Å²) in [7, 11) is 0. The molecule has 0 aromatic heterocycles. The molecule has 4 nitrogen and oxygen atoms in total. The van der Waals surface area contributed by atoms with Crippen LogP contribution in [-0.2, 0) is 16.0 Å². The summed E-state index contributed by atoms with van der Waals surface area (Å²) in [6, 6.07) is 12.6. The van der Waals surface area contributed by atoms with E-state index < -0.39 is 0 Å². The predicted molar refractivity (Wildman–Crippen MR) is 97.0 cm³/mol. The molecule has 0 unspecified atom stereocenters. The van der Waals surface area contributed by atoms with Crippen LogP contribution >= 0.6 is 23.2 Å². The molecule has 0 bridgehead atoms. The molecule has 0 fully saturated rings. The Hall–Kier alpha value is -2.04. The van der Waals surface area contributed by atoms with Crippen molar-refractivity contribution < 1.29 is 9.59 Å². The van der Waals surface area contributed by atoms with E-state index in [1.807, 2.05) is 24.3 Å². The van der Waals surface area contributed by atoms with Crippen LogP contribution in [0.15, 0.2) is 42.5 Å². The fraction of sp³-hybridized carbons (Fsp3) is 0.222. The Balaban J connectivity index is 1.86. The summed E-state index contributed by atoms with van der Waals surface area (Å²) in [5.41, 5.74) is 2.49. The molecule has 1 heterocycles. The number of fused-ring (bicyclic) bond motifs is 1. The zero-order valence-electron chi connectivity index (χ0n) is 13.1. The number of hydrogen-bond donors (Lipinski definition) is 0. The zero-order valence-corrected chi connectivity index (χ0v) is 14.6. The minimum absolute atomic E-state index is 0.0796. The lowest BCUT2D eigenvalue weighted by Crippen LogP contribution is -2.42. The van der Waals surface area contributed by atoms with Crippen LogP contribution < -0.4 is 9.80 Å². The third-order valence-electron chi connectivity index (χ3n) is 4.06. The van der Waals surface area contributed by atoms with Gasteiger partial charge in [-0.15, -0.1) is 0 Å². The third kappa shape index (κ3) is 3.25. The molecule has 0 radical (unpaired) electrons. The van der Waals surface area contributed by atoms with E-state index in [0.717, 1.165) is 17.7 Å². The van der Waals surface area contributed by atoms with Gasteiger partial charge < -0.3 is 9.80 Å². The summed E-state index contributed by atoms with van der Waals surface area (Å²) in [4.78, 5) is 27.9. The number of para-hydroxylation sites is 1. The number of carbonyl (C=O) groups excluding carboxylic acids is 2. The Bertz CT molecular complexity index is 807. The van der Waals surface area contributed by atoms with E-state index in [-0.39, 0.29) is 18.4 Å². The largest absolute Gasteiger partial charge is 0.310 e. The van der Waals surface area contributed by atoms with Crippen molar-refractivity contribution in [2.45, 2.75) is 13.3 Å². The fourth-order valence-corrected chi connectivity index (χ4v) is 3.26. The number of carbonyl (C=O) groups is 2. The van der Waals surface area contributed by atoms with Gasteiger partial charge in [-0.25, -0.2) is 0 Å². The second kappa shape index (κ2) is 6.83. The predicted octanol–water partition coefficient (Wildman–Crippen LogP) is 3.94. The van der Waals surface area contributed by atoms with Crippen LogP contribution in [-0.4, -0.2) is 24.9 Å².